The van der Waals surface area contributed by atoms with Crippen LogP contribution in [0.25, 0.3) is 0 Å². The third-order valence-electron chi connectivity index (χ3n) is 6.56. The highest BCUT2D eigenvalue weighted by molar-refractivity contribution is 5.79. The minimum atomic E-state index is 0.00913. The third-order valence-corrected chi connectivity index (χ3v) is 6.56. The zero-order valence-electron chi connectivity index (χ0n) is 19.4. The van der Waals surface area contributed by atoms with Gasteiger partial charge in [0.15, 0.2) is 5.96 Å². The van der Waals surface area contributed by atoms with Gasteiger partial charge < -0.3 is 25.4 Å². The molecule has 31 heavy (non-hydrogen) atoms. The standard InChI is InChI=1S/C24H41N5O2/c1-3-25-23(27-19-24(9-15-30)10-16-31-20-24)26-17-21-5-7-22(8-6-21)18-29-13-11-28(4-2)12-14-29/h5-8,30H,3-4,9-20H2,1-2H3,(H2,25,26,27). The number of hydrogen-bond acceptors (Lipinski definition) is 5. The highest BCUT2D eigenvalue weighted by atomic mass is 16.5. The van der Waals surface area contributed by atoms with Gasteiger partial charge in [-0.25, -0.2) is 4.99 Å². The van der Waals surface area contributed by atoms with Crippen molar-refractivity contribution in [2.45, 2.75) is 39.8 Å². The van der Waals surface area contributed by atoms with Gasteiger partial charge in [-0.05, 0) is 37.4 Å². The molecule has 2 fully saturated rings. The lowest BCUT2D eigenvalue weighted by molar-refractivity contribution is 0.127. The molecule has 0 aliphatic carbocycles. The van der Waals surface area contributed by atoms with Gasteiger partial charge in [0.05, 0.1) is 13.2 Å². The number of piperazine rings is 1. The molecule has 1 unspecified atom stereocenters. The summed E-state index contributed by atoms with van der Waals surface area (Å²) in [7, 11) is 0. The van der Waals surface area contributed by atoms with Crippen LogP contribution in [0.5, 0.6) is 0 Å². The van der Waals surface area contributed by atoms with Crippen LogP contribution in [0.4, 0.5) is 0 Å². The van der Waals surface area contributed by atoms with Crippen LogP contribution in [0.15, 0.2) is 29.3 Å². The predicted molar refractivity (Wildman–Crippen MR) is 126 cm³/mol. The van der Waals surface area contributed by atoms with Crippen molar-refractivity contribution in [2.75, 3.05) is 65.6 Å². The number of aliphatic hydroxyl groups excluding tert-OH is 1. The zero-order valence-corrected chi connectivity index (χ0v) is 19.4. The molecular weight excluding hydrogens is 390 g/mol. The maximum Gasteiger partial charge on any atom is 0.191 e. The summed E-state index contributed by atoms with van der Waals surface area (Å²) in [5.74, 6) is 0.824. The van der Waals surface area contributed by atoms with E-state index in [9.17, 15) is 5.11 Å². The Morgan fingerprint density at radius 2 is 1.77 bits per heavy atom. The van der Waals surface area contributed by atoms with E-state index in [1.807, 2.05) is 0 Å². The summed E-state index contributed by atoms with van der Waals surface area (Å²) in [6.45, 7) is 15.1. The first-order chi connectivity index (χ1) is 15.2. The molecule has 3 rings (SSSR count). The van der Waals surface area contributed by atoms with Crippen LogP contribution >= 0.6 is 0 Å². The van der Waals surface area contributed by atoms with E-state index in [0.29, 0.717) is 13.2 Å². The average molecular weight is 432 g/mol. The van der Waals surface area contributed by atoms with Gasteiger partial charge in [0.1, 0.15) is 0 Å². The molecule has 2 heterocycles. The zero-order chi connectivity index (χ0) is 21.9. The van der Waals surface area contributed by atoms with Crippen molar-refractivity contribution in [3.05, 3.63) is 35.4 Å². The number of nitrogens with zero attached hydrogens (tertiary/aromatic N) is 3. The van der Waals surface area contributed by atoms with Crippen LogP contribution < -0.4 is 10.6 Å². The van der Waals surface area contributed by atoms with E-state index in [2.05, 4.69) is 58.5 Å². The molecule has 3 N–H and O–H groups in total. The summed E-state index contributed by atoms with van der Waals surface area (Å²) in [5.41, 5.74) is 2.59. The number of ether oxygens (including phenoxy) is 1. The molecule has 7 heteroatoms. The SMILES string of the molecule is CCNC(=NCc1ccc(CN2CCN(CC)CC2)cc1)NCC1(CCO)CCOC1. The number of likely N-dealkylation sites (N-methyl/N-ethyl adjacent to an activating group) is 1. The van der Waals surface area contributed by atoms with Crippen molar-refractivity contribution < 1.29 is 9.84 Å². The van der Waals surface area contributed by atoms with Crippen molar-refractivity contribution in [3.8, 4) is 0 Å². The van der Waals surface area contributed by atoms with Crippen LogP contribution in [-0.4, -0.2) is 86.5 Å². The molecule has 0 amide bonds. The van der Waals surface area contributed by atoms with Gasteiger partial charge in [-0.1, -0.05) is 31.2 Å². The Kier molecular flexibility index (Phi) is 9.58. The second-order valence-electron chi connectivity index (χ2n) is 8.85. The highest BCUT2D eigenvalue weighted by Crippen LogP contribution is 2.31. The maximum absolute atomic E-state index is 9.43. The summed E-state index contributed by atoms with van der Waals surface area (Å²) in [6, 6.07) is 8.87. The fraction of sp³-hybridized carbons (Fsp3) is 0.708. The minimum Gasteiger partial charge on any atom is -0.396 e. The summed E-state index contributed by atoms with van der Waals surface area (Å²) >= 11 is 0. The Bertz CT molecular complexity index is 665. The van der Waals surface area contributed by atoms with E-state index in [1.54, 1.807) is 0 Å². The smallest absolute Gasteiger partial charge is 0.191 e. The van der Waals surface area contributed by atoms with E-state index in [4.69, 9.17) is 9.73 Å². The number of guanidine groups is 1. The molecule has 2 aliphatic heterocycles. The Labute approximate surface area is 187 Å². The van der Waals surface area contributed by atoms with Gasteiger partial charge in [-0.2, -0.15) is 0 Å². The molecule has 0 saturated carbocycles. The molecule has 0 spiro atoms. The third kappa shape index (κ3) is 7.45. The van der Waals surface area contributed by atoms with Crippen LogP contribution in [0, 0.1) is 5.41 Å². The van der Waals surface area contributed by atoms with Crippen molar-refractivity contribution in [2.24, 2.45) is 10.4 Å². The number of nitrogens with one attached hydrogen (secondary N) is 2. The van der Waals surface area contributed by atoms with Crippen LogP contribution in [0.2, 0.25) is 0 Å². The molecule has 2 saturated heterocycles. The van der Waals surface area contributed by atoms with Crippen LogP contribution in [-0.2, 0) is 17.8 Å². The van der Waals surface area contributed by atoms with Crippen LogP contribution in [0.1, 0.15) is 37.8 Å². The monoisotopic (exact) mass is 431 g/mol. The molecule has 0 radical (unpaired) electrons. The lowest BCUT2D eigenvalue weighted by Gasteiger charge is -2.34. The highest BCUT2D eigenvalue weighted by Gasteiger charge is 2.34. The minimum absolute atomic E-state index is 0.00913. The van der Waals surface area contributed by atoms with E-state index in [-0.39, 0.29) is 12.0 Å². The summed E-state index contributed by atoms with van der Waals surface area (Å²) in [4.78, 5) is 9.83. The molecule has 0 aromatic heterocycles. The number of aliphatic imine (C=N–C) groups is 1. The second kappa shape index (κ2) is 12.4. The second-order valence-corrected chi connectivity index (χ2v) is 8.85. The fourth-order valence-electron chi connectivity index (χ4n) is 4.37. The first-order valence-electron chi connectivity index (χ1n) is 11.9. The Balaban J connectivity index is 1.50. The van der Waals surface area contributed by atoms with E-state index in [1.165, 1.54) is 24.2 Å². The lowest BCUT2D eigenvalue weighted by atomic mass is 9.84. The topological polar surface area (TPSA) is 72.4 Å². The van der Waals surface area contributed by atoms with Crippen molar-refractivity contribution in [3.63, 3.8) is 0 Å². The average Bonchev–Trinajstić information content (AvgIpc) is 3.26. The van der Waals surface area contributed by atoms with Gasteiger partial charge in [-0.15, -0.1) is 0 Å². The van der Waals surface area contributed by atoms with Crippen molar-refractivity contribution >= 4 is 5.96 Å². The summed E-state index contributed by atoms with van der Waals surface area (Å²) < 4.78 is 5.59. The normalized spacial score (nSPS) is 23.3. The number of hydrogen-bond donors (Lipinski definition) is 3. The number of rotatable bonds is 10. The Morgan fingerprint density at radius 1 is 1.06 bits per heavy atom. The van der Waals surface area contributed by atoms with Crippen molar-refractivity contribution in [1.29, 1.82) is 0 Å². The van der Waals surface area contributed by atoms with Gasteiger partial charge in [-0.3, -0.25) is 4.90 Å². The molecule has 1 aromatic carbocycles. The van der Waals surface area contributed by atoms with Crippen LogP contribution in [0.3, 0.4) is 0 Å². The summed E-state index contributed by atoms with van der Waals surface area (Å²) in [6.07, 6.45) is 1.74. The number of benzene rings is 1. The van der Waals surface area contributed by atoms with E-state index >= 15 is 0 Å². The summed E-state index contributed by atoms with van der Waals surface area (Å²) in [5, 5.41) is 16.2. The van der Waals surface area contributed by atoms with Gasteiger partial charge in [0.25, 0.3) is 0 Å². The number of aliphatic hydroxyl groups is 1. The maximum atomic E-state index is 9.43. The first-order valence-corrected chi connectivity index (χ1v) is 11.9. The quantitative estimate of drug-likeness (QED) is 0.387. The predicted octanol–water partition coefficient (Wildman–Crippen LogP) is 1.67. The van der Waals surface area contributed by atoms with Gasteiger partial charge in [0, 0.05) is 64.4 Å². The Hall–Kier alpha value is -1.67. The Morgan fingerprint density at radius 3 is 2.39 bits per heavy atom. The lowest BCUT2D eigenvalue weighted by Crippen LogP contribution is -2.45. The molecule has 1 atom stereocenters. The molecule has 1 aromatic rings. The molecule has 2 aliphatic rings. The molecular formula is C24H41N5O2. The molecule has 174 valence electrons. The largest absolute Gasteiger partial charge is 0.396 e. The molecule has 7 nitrogen and oxygen atoms in total. The van der Waals surface area contributed by atoms with Crippen molar-refractivity contribution in [1.82, 2.24) is 20.4 Å². The fourth-order valence-corrected chi connectivity index (χ4v) is 4.37. The van der Waals surface area contributed by atoms with E-state index in [0.717, 1.165) is 64.7 Å². The first kappa shape index (κ1) is 24.0. The van der Waals surface area contributed by atoms with E-state index < -0.39 is 0 Å². The van der Waals surface area contributed by atoms with Gasteiger partial charge in [0.2, 0.25) is 0 Å². The molecule has 0 bridgehead atoms. The van der Waals surface area contributed by atoms with Gasteiger partial charge >= 0.3 is 0 Å².